The molecule has 0 radical (unpaired) electrons. The molecule has 19 heavy (non-hydrogen) atoms. The fourth-order valence-corrected chi connectivity index (χ4v) is 4.24. The van der Waals surface area contributed by atoms with Gasteiger partial charge in [0.2, 0.25) is 0 Å². The van der Waals surface area contributed by atoms with Gasteiger partial charge in [-0.1, -0.05) is 19.1 Å². The van der Waals surface area contributed by atoms with Crippen molar-refractivity contribution < 1.29 is 0 Å². The molecular weight excluding hydrogens is 252 g/mol. The van der Waals surface area contributed by atoms with Crippen LogP contribution in [0.5, 0.6) is 0 Å². The van der Waals surface area contributed by atoms with E-state index in [1.807, 2.05) is 0 Å². The van der Waals surface area contributed by atoms with Gasteiger partial charge in [-0.25, -0.2) is 0 Å². The molecule has 2 saturated heterocycles. The number of benzene rings is 1. The van der Waals surface area contributed by atoms with E-state index in [-0.39, 0.29) is 0 Å². The zero-order valence-corrected chi connectivity index (χ0v) is 12.6. The molecule has 0 aromatic heterocycles. The Hall–Kier alpha value is -0.670. The molecule has 2 aliphatic rings. The van der Waals surface area contributed by atoms with Crippen LogP contribution in [0.4, 0.5) is 5.69 Å². The van der Waals surface area contributed by atoms with E-state index in [0.717, 1.165) is 11.8 Å². The first-order valence-electron chi connectivity index (χ1n) is 7.51. The molecule has 0 amide bonds. The highest BCUT2D eigenvalue weighted by atomic mass is 32.2. The van der Waals surface area contributed by atoms with E-state index in [1.54, 1.807) is 0 Å². The van der Waals surface area contributed by atoms with Gasteiger partial charge >= 0.3 is 0 Å². The molecule has 2 heterocycles. The summed E-state index contributed by atoms with van der Waals surface area (Å²) in [6, 6.07) is 9.72. The van der Waals surface area contributed by atoms with Crippen molar-refractivity contribution in [2.24, 2.45) is 0 Å². The summed E-state index contributed by atoms with van der Waals surface area (Å²) in [4.78, 5) is 2.55. The molecule has 2 fully saturated rings. The van der Waals surface area contributed by atoms with E-state index < -0.39 is 0 Å². The van der Waals surface area contributed by atoms with Crippen LogP contribution in [0, 0.1) is 0 Å². The van der Waals surface area contributed by atoms with E-state index in [9.17, 15) is 0 Å². The molecule has 3 heteroatoms. The first-order valence-corrected chi connectivity index (χ1v) is 8.55. The molecule has 1 aromatic rings. The van der Waals surface area contributed by atoms with Crippen LogP contribution >= 0.6 is 11.8 Å². The normalized spacial score (nSPS) is 27.8. The average Bonchev–Trinajstić information content (AvgIpc) is 3.05. The third-order valence-corrected chi connectivity index (χ3v) is 5.61. The Morgan fingerprint density at radius 1 is 1.21 bits per heavy atom. The van der Waals surface area contributed by atoms with Crippen molar-refractivity contribution in [2.45, 2.75) is 44.0 Å². The van der Waals surface area contributed by atoms with Crippen molar-refractivity contribution in [1.29, 1.82) is 0 Å². The molecule has 2 atom stereocenters. The summed E-state index contributed by atoms with van der Waals surface area (Å²) in [6.07, 6.45) is 4.04. The number of thioether (sulfide) groups is 1. The number of hydrogen-bond acceptors (Lipinski definition) is 3. The molecule has 104 valence electrons. The van der Waals surface area contributed by atoms with Gasteiger partial charge in [-0.2, -0.15) is 11.8 Å². The Morgan fingerprint density at radius 2 is 1.95 bits per heavy atom. The smallest absolute Gasteiger partial charge is 0.0385 e. The maximum atomic E-state index is 3.68. The number of anilines is 1. The van der Waals surface area contributed by atoms with Gasteiger partial charge in [-0.15, -0.1) is 0 Å². The number of nitrogens with zero attached hydrogens (tertiary/aromatic N) is 1. The van der Waals surface area contributed by atoms with Crippen molar-refractivity contribution >= 4 is 17.4 Å². The van der Waals surface area contributed by atoms with Crippen LogP contribution < -0.4 is 5.32 Å². The molecule has 0 bridgehead atoms. The van der Waals surface area contributed by atoms with Gasteiger partial charge in [0.1, 0.15) is 0 Å². The lowest BCUT2D eigenvalue weighted by Gasteiger charge is -2.19. The Labute approximate surface area is 121 Å². The number of rotatable bonds is 4. The molecule has 2 nitrogen and oxygen atoms in total. The van der Waals surface area contributed by atoms with Crippen LogP contribution in [0.1, 0.15) is 31.7 Å². The summed E-state index contributed by atoms with van der Waals surface area (Å²) in [6.45, 7) is 6.00. The lowest BCUT2D eigenvalue weighted by molar-refractivity contribution is 0.331. The van der Waals surface area contributed by atoms with E-state index in [0.29, 0.717) is 6.04 Å². The predicted molar refractivity (Wildman–Crippen MR) is 84.9 cm³/mol. The second-order valence-corrected chi connectivity index (χ2v) is 7.28. The van der Waals surface area contributed by atoms with Crippen LogP contribution in [0.25, 0.3) is 0 Å². The van der Waals surface area contributed by atoms with E-state index in [2.05, 4.69) is 53.2 Å². The predicted octanol–water partition coefficient (Wildman–Crippen LogP) is 3.59. The van der Waals surface area contributed by atoms with Crippen molar-refractivity contribution in [3.8, 4) is 0 Å². The molecule has 0 aliphatic carbocycles. The highest BCUT2D eigenvalue weighted by Crippen LogP contribution is 2.28. The molecule has 2 aliphatic heterocycles. The molecule has 0 saturated carbocycles. The first-order chi connectivity index (χ1) is 9.31. The maximum absolute atomic E-state index is 3.68. The quantitative estimate of drug-likeness (QED) is 0.905. The van der Waals surface area contributed by atoms with Crippen molar-refractivity contribution in [3.63, 3.8) is 0 Å². The third kappa shape index (κ3) is 3.46. The largest absolute Gasteiger partial charge is 0.381 e. The molecule has 1 N–H and O–H groups in total. The van der Waals surface area contributed by atoms with Crippen LogP contribution in [0.15, 0.2) is 24.3 Å². The van der Waals surface area contributed by atoms with Crippen molar-refractivity contribution in [1.82, 2.24) is 4.90 Å². The van der Waals surface area contributed by atoms with E-state index >= 15 is 0 Å². The summed E-state index contributed by atoms with van der Waals surface area (Å²) in [5.74, 6) is 1.30. The summed E-state index contributed by atoms with van der Waals surface area (Å²) < 4.78 is 0. The van der Waals surface area contributed by atoms with Crippen molar-refractivity contribution in [2.75, 3.05) is 24.2 Å². The lowest BCUT2D eigenvalue weighted by Crippen LogP contribution is -2.24. The Kier molecular flexibility index (Phi) is 4.34. The van der Waals surface area contributed by atoms with Gasteiger partial charge in [0.15, 0.2) is 0 Å². The van der Waals surface area contributed by atoms with Gasteiger partial charge in [-0.05, 0) is 55.8 Å². The first kappa shape index (κ1) is 13.3. The number of likely N-dealkylation sites (tertiary alicyclic amines) is 1. The molecule has 2 unspecified atom stereocenters. The van der Waals surface area contributed by atoms with Crippen LogP contribution in [0.3, 0.4) is 0 Å². The Bertz CT molecular complexity index is 398. The monoisotopic (exact) mass is 276 g/mol. The van der Waals surface area contributed by atoms with Gasteiger partial charge in [0.05, 0.1) is 0 Å². The molecule has 0 spiro atoms. The lowest BCUT2D eigenvalue weighted by atomic mass is 10.1. The van der Waals surface area contributed by atoms with E-state index in [4.69, 9.17) is 0 Å². The Balaban J connectivity index is 1.55. The second-order valence-electron chi connectivity index (χ2n) is 5.80. The summed E-state index contributed by atoms with van der Waals surface area (Å²) >= 11 is 2.08. The minimum atomic E-state index is 0.648. The van der Waals surface area contributed by atoms with Gasteiger partial charge in [0, 0.05) is 23.5 Å². The minimum absolute atomic E-state index is 0.648. The standard InChI is InChI=1S/C16H24N2S/c1-13-16(8-11-19-13)17-15-6-4-14(5-7-15)12-18-9-2-3-10-18/h4-7,13,16-17H,2-3,8-12H2,1H3. The maximum Gasteiger partial charge on any atom is 0.0385 e. The fourth-order valence-electron chi connectivity index (χ4n) is 3.04. The fraction of sp³-hybridized carbons (Fsp3) is 0.625. The highest BCUT2D eigenvalue weighted by molar-refractivity contribution is 8.00. The zero-order chi connectivity index (χ0) is 13.1. The average molecular weight is 276 g/mol. The van der Waals surface area contributed by atoms with Crippen LogP contribution in [0.2, 0.25) is 0 Å². The summed E-state index contributed by atoms with van der Waals surface area (Å²) in [7, 11) is 0. The number of hydrogen-bond donors (Lipinski definition) is 1. The SMILES string of the molecule is CC1SCCC1Nc1ccc(CN2CCCC2)cc1. The number of nitrogens with one attached hydrogen (secondary N) is 1. The second kappa shape index (κ2) is 6.19. The third-order valence-electron chi connectivity index (χ3n) is 4.29. The van der Waals surface area contributed by atoms with Gasteiger partial charge in [0.25, 0.3) is 0 Å². The van der Waals surface area contributed by atoms with Gasteiger partial charge < -0.3 is 5.32 Å². The minimum Gasteiger partial charge on any atom is -0.381 e. The van der Waals surface area contributed by atoms with Gasteiger partial charge in [-0.3, -0.25) is 4.90 Å². The summed E-state index contributed by atoms with van der Waals surface area (Å²) in [5, 5.41) is 4.42. The zero-order valence-electron chi connectivity index (χ0n) is 11.8. The Morgan fingerprint density at radius 3 is 2.58 bits per heavy atom. The summed E-state index contributed by atoms with van der Waals surface area (Å²) in [5.41, 5.74) is 2.73. The van der Waals surface area contributed by atoms with Crippen LogP contribution in [-0.4, -0.2) is 35.0 Å². The molecule has 3 rings (SSSR count). The van der Waals surface area contributed by atoms with Crippen molar-refractivity contribution in [3.05, 3.63) is 29.8 Å². The van der Waals surface area contributed by atoms with Crippen LogP contribution in [-0.2, 0) is 6.54 Å². The molecular formula is C16H24N2S. The topological polar surface area (TPSA) is 15.3 Å². The highest BCUT2D eigenvalue weighted by Gasteiger charge is 2.23. The molecule has 1 aromatic carbocycles. The van der Waals surface area contributed by atoms with E-state index in [1.165, 1.54) is 49.4 Å².